The van der Waals surface area contributed by atoms with Crippen molar-refractivity contribution in [1.82, 2.24) is 5.10 Å². The van der Waals surface area contributed by atoms with E-state index in [0.717, 1.165) is 16.5 Å². The van der Waals surface area contributed by atoms with Crippen LogP contribution in [-0.4, -0.2) is 16.0 Å². The quantitative estimate of drug-likeness (QED) is 0.248. The summed E-state index contributed by atoms with van der Waals surface area (Å²) in [4.78, 5) is 13.3. The molecule has 1 heterocycles. The number of carbonyl (C=O) groups excluding carboxylic acids is 1. The third-order valence-corrected chi connectivity index (χ3v) is 4.62. The first-order valence-corrected chi connectivity index (χ1v) is 9.02. The number of nitrogens with zero attached hydrogens (tertiary/aromatic N) is 2. The van der Waals surface area contributed by atoms with Crippen LogP contribution in [0.15, 0.2) is 91.1 Å². The number of ketones is 1. The minimum absolute atomic E-state index is 0.110. The van der Waals surface area contributed by atoms with Crippen LogP contribution in [0.5, 0.6) is 0 Å². The molecule has 0 unspecified atom stereocenters. The highest BCUT2D eigenvalue weighted by Gasteiger charge is 2.30. The number of rotatable bonds is 4. The molecule has 0 saturated heterocycles. The minimum atomic E-state index is -0.297. The average molecular weight is 367 g/mol. The van der Waals surface area contributed by atoms with E-state index in [-0.39, 0.29) is 17.2 Å². The van der Waals surface area contributed by atoms with Crippen LogP contribution in [0.25, 0.3) is 22.2 Å². The molecule has 136 valence electrons. The van der Waals surface area contributed by atoms with Gasteiger partial charge in [-0.2, -0.15) is 0 Å². The van der Waals surface area contributed by atoms with E-state index in [9.17, 15) is 9.90 Å². The second kappa shape index (κ2) is 7.45. The first-order valence-electron chi connectivity index (χ1n) is 9.02. The van der Waals surface area contributed by atoms with Gasteiger partial charge in [-0.3, -0.25) is 4.79 Å². The standard InChI is InChI=1S/C24H18N2O2/c1-17-21-15-9-8-14-20(21)16-26(25-17)22(23(27)18-10-4-2-5-11-18)24(28)19-12-6-3-7-13-19/h2-16H,1H3/p+1. The fourth-order valence-electron chi connectivity index (χ4n) is 3.21. The number of aryl methyl sites for hydroxylation is 1. The van der Waals surface area contributed by atoms with Gasteiger partial charge in [-0.15, -0.1) is 0 Å². The third kappa shape index (κ3) is 3.28. The van der Waals surface area contributed by atoms with E-state index >= 15 is 0 Å². The summed E-state index contributed by atoms with van der Waals surface area (Å²) in [6.07, 6.45) is 1.78. The number of benzene rings is 3. The van der Waals surface area contributed by atoms with Gasteiger partial charge in [0.05, 0.1) is 5.39 Å². The van der Waals surface area contributed by atoms with Crippen LogP contribution in [0, 0.1) is 6.92 Å². The molecule has 0 bridgehead atoms. The predicted octanol–water partition coefficient (Wildman–Crippen LogP) is 4.60. The Labute approximate surface area is 163 Å². The maximum Gasteiger partial charge on any atom is 0.327 e. The lowest BCUT2D eigenvalue weighted by Crippen LogP contribution is -2.41. The molecular weight excluding hydrogens is 348 g/mol. The first kappa shape index (κ1) is 17.6. The van der Waals surface area contributed by atoms with E-state index < -0.39 is 0 Å². The molecule has 4 heteroatoms. The van der Waals surface area contributed by atoms with Gasteiger partial charge in [-0.25, -0.2) is 0 Å². The van der Waals surface area contributed by atoms with Crippen molar-refractivity contribution < 1.29 is 14.6 Å². The Bertz CT molecular complexity index is 1180. The number of aromatic nitrogens is 2. The number of Topliss-reactive ketones (excluding diaryl/α,β-unsaturated/α-hetero) is 1. The Hall–Kier alpha value is -3.79. The number of fused-ring (bicyclic) bond motifs is 1. The molecule has 0 aliphatic heterocycles. The Morgan fingerprint density at radius 1 is 0.821 bits per heavy atom. The van der Waals surface area contributed by atoms with Gasteiger partial charge in [0, 0.05) is 21.6 Å². The Morgan fingerprint density at radius 3 is 2.07 bits per heavy atom. The zero-order valence-electron chi connectivity index (χ0n) is 15.4. The van der Waals surface area contributed by atoms with Gasteiger partial charge in [0.25, 0.3) is 5.78 Å². The van der Waals surface area contributed by atoms with Crippen molar-refractivity contribution in [1.29, 1.82) is 0 Å². The van der Waals surface area contributed by atoms with Gasteiger partial charge in [0.1, 0.15) is 5.69 Å². The van der Waals surface area contributed by atoms with Crippen LogP contribution < -0.4 is 4.68 Å². The number of allylic oxidation sites excluding steroid dienone is 1. The van der Waals surface area contributed by atoms with Crippen LogP contribution in [-0.2, 0) is 0 Å². The second-order valence-electron chi connectivity index (χ2n) is 6.50. The van der Waals surface area contributed by atoms with E-state index in [0.29, 0.717) is 11.1 Å². The minimum Gasteiger partial charge on any atom is -0.502 e. The Balaban J connectivity index is 1.98. The predicted molar refractivity (Wildman–Crippen MR) is 110 cm³/mol. The molecule has 0 radical (unpaired) electrons. The molecule has 4 nitrogen and oxygen atoms in total. The molecule has 28 heavy (non-hydrogen) atoms. The number of aliphatic hydroxyl groups excluding tert-OH is 1. The number of aliphatic hydroxyl groups is 1. The van der Waals surface area contributed by atoms with Gasteiger partial charge in [-0.05, 0) is 17.7 Å². The van der Waals surface area contributed by atoms with Crippen molar-refractivity contribution in [2.75, 3.05) is 0 Å². The monoisotopic (exact) mass is 367 g/mol. The van der Waals surface area contributed by atoms with Crippen molar-refractivity contribution in [2.45, 2.75) is 6.92 Å². The first-order chi connectivity index (χ1) is 13.6. The van der Waals surface area contributed by atoms with Crippen LogP contribution in [0.2, 0.25) is 0 Å². The largest absolute Gasteiger partial charge is 0.502 e. The lowest BCUT2D eigenvalue weighted by Gasteiger charge is -2.06. The van der Waals surface area contributed by atoms with Gasteiger partial charge in [0.2, 0.25) is 12.0 Å². The van der Waals surface area contributed by atoms with Gasteiger partial charge in [-0.1, -0.05) is 78.9 Å². The molecule has 0 saturated carbocycles. The van der Waals surface area contributed by atoms with E-state index in [4.69, 9.17) is 0 Å². The van der Waals surface area contributed by atoms with E-state index in [1.807, 2.05) is 55.5 Å². The van der Waals surface area contributed by atoms with Gasteiger partial charge in [0.15, 0.2) is 0 Å². The molecule has 0 aliphatic rings. The van der Waals surface area contributed by atoms with Crippen LogP contribution in [0.4, 0.5) is 0 Å². The van der Waals surface area contributed by atoms with Crippen LogP contribution in [0.1, 0.15) is 21.6 Å². The molecule has 0 aliphatic carbocycles. The number of hydrogen-bond acceptors (Lipinski definition) is 3. The van der Waals surface area contributed by atoms with Crippen molar-refractivity contribution in [2.24, 2.45) is 0 Å². The Kier molecular flexibility index (Phi) is 4.68. The fraction of sp³-hybridized carbons (Fsp3) is 0.0417. The Morgan fingerprint density at radius 2 is 1.39 bits per heavy atom. The lowest BCUT2D eigenvalue weighted by atomic mass is 10.0. The number of carbonyl (C=O) groups is 1. The normalized spacial score (nSPS) is 11.9. The molecule has 4 rings (SSSR count). The molecule has 4 aromatic rings. The molecule has 1 N–H and O–H groups in total. The van der Waals surface area contributed by atoms with Crippen molar-refractivity contribution in [3.05, 3.63) is 108 Å². The SMILES string of the molecule is Cc1n[n+](/C(C(=O)c2ccccc2)=C(\O)c2ccccc2)cc2ccccc12. The number of hydrogen-bond donors (Lipinski definition) is 1. The highest BCUT2D eigenvalue weighted by atomic mass is 16.3. The maximum absolute atomic E-state index is 13.3. The summed E-state index contributed by atoms with van der Waals surface area (Å²) in [5, 5.41) is 17.5. The molecule has 0 amide bonds. The highest BCUT2D eigenvalue weighted by Crippen LogP contribution is 2.21. The summed E-state index contributed by atoms with van der Waals surface area (Å²) in [6, 6.07) is 25.8. The molecule has 0 fully saturated rings. The van der Waals surface area contributed by atoms with E-state index in [1.54, 1.807) is 42.6 Å². The van der Waals surface area contributed by atoms with Crippen LogP contribution >= 0.6 is 0 Å². The molecule has 0 atom stereocenters. The zero-order chi connectivity index (χ0) is 19.5. The summed E-state index contributed by atoms with van der Waals surface area (Å²) >= 11 is 0. The van der Waals surface area contributed by atoms with E-state index in [2.05, 4.69) is 5.10 Å². The van der Waals surface area contributed by atoms with Gasteiger partial charge >= 0.3 is 5.70 Å². The maximum atomic E-state index is 13.3. The smallest absolute Gasteiger partial charge is 0.327 e. The third-order valence-electron chi connectivity index (χ3n) is 4.62. The summed E-state index contributed by atoms with van der Waals surface area (Å²) in [7, 11) is 0. The summed E-state index contributed by atoms with van der Waals surface area (Å²) in [5.41, 5.74) is 1.94. The van der Waals surface area contributed by atoms with E-state index in [1.165, 1.54) is 4.68 Å². The van der Waals surface area contributed by atoms with Crippen molar-refractivity contribution in [3.63, 3.8) is 0 Å². The van der Waals surface area contributed by atoms with Crippen molar-refractivity contribution >= 4 is 28.0 Å². The fourth-order valence-corrected chi connectivity index (χ4v) is 3.21. The molecule has 1 aromatic heterocycles. The van der Waals surface area contributed by atoms with Crippen molar-refractivity contribution in [3.8, 4) is 0 Å². The molecular formula is C24H19N2O2+. The summed E-state index contributed by atoms with van der Waals surface area (Å²) in [6.45, 7) is 1.89. The average Bonchev–Trinajstić information content (AvgIpc) is 2.75. The summed E-state index contributed by atoms with van der Waals surface area (Å²) in [5.74, 6) is -0.407. The molecule has 3 aromatic carbocycles. The molecule has 0 spiro atoms. The zero-order valence-corrected chi connectivity index (χ0v) is 15.4. The topological polar surface area (TPSA) is 54.1 Å². The van der Waals surface area contributed by atoms with Crippen LogP contribution in [0.3, 0.4) is 0 Å². The lowest BCUT2D eigenvalue weighted by molar-refractivity contribution is -0.641. The highest BCUT2D eigenvalue weighted by molar-refractivity contribution is 6.26. The summed E-state index contributed by atoms with van der Waals surface area (Å²) < 4.78 is 1.48. The van der Waals surface area contributed by atoms with Gasteiger partial charge < -0.3 is 5.11 Å². The second-order valence-corrected chi connectivity index (χ2v) is 6.50.